The maximum Gasteiger partial charge on any atom is 0.226 e. The smallest absolute Gasteiger partial charge is 0.226 e. The van der Waals surface area contributed by atoms with Gasteiger partial charge in [-0.2, -0.15) is 16.7 Å². The van der Waals surface area contributed by atoms with Gasteiger partial charge in [0.25, 0.3) is 0 Å². The van der Waals surface area contributed by atoms with Crippen LogP contribution in [0.1, 0.15) is 51.1 Å². The number of aromatic nitrogens is 2. The van der Waals surface area contributed by atoms with Crippen LogP contribution in [0.4, 0.5) is 0 Å². The van der Waals surface area contributed by atoms with Crippen molar-refractivity contribution in [3.8, 4) is 0 Å². The molecule has 0 bridgehead atoms. The van der Waals surface area contributed by atoms with E-state index in [-0.39, 0.29) is 5.54 Å². The van der Waals surface area contributed by atoms with Crippen molar-refractivity contribution in [2.24, 2.45) is 5.73 Å². The standard InChI is InChI=1S/C13H23N3OS2/c1-8-9(2)19-10(7-18-8)12-15-11(17-16-12)5-6-13(3,4)14/h8-10H,5-7,14H2,1-4H3. The van der Waals surface area contributed by atoms with Crippen LogP contribution in [0.2, 0.25) is 0 Å². The van der Waals surface area contributed by atoms with Gasteiger partial charge in [0, 0.05) is 28.2 Å². The molecule has 0 saturated carbocycles. The first-order valence-electron chi connectivity index (χ1n) is 6.73. The average molecular weight is 301 g/mol. The van der Waals surface area contributed by atoms with Gasteiger partial charge in [-0.15, -0.1) is 11.8 Å². The van der Waals surface area contributed by atoms with Gasteiger partial charge in [0.1, 0.15) is 0 Å². The Morgan fingerprint density at radius 3 is 2.74 bits per heavy atom. The molecular formula is C13H23N3OS2. The molecular weight excluding hydrogens is 278 g/mol. The summed E-state index contributed by atoms with van der Waals surface area (Å²) in [6, 6.07) is 0. The van der Waals surface area contributed by atoms with E-state index in [0.717, 1.165) is 24.4 Å². The van der Waals surface area contributed by atoms with E-state index in [1.165, 1.54) is 0 Å². The van der Waals surface area contributed by atoms with Gasteiger partial charge in [-0.25, -0.2) is 0 Å². The van der Waals surface area contributed by atoms with E-state index in [1.54, 1.807) is 0 Å². The molecule has 1 aromatic heterocycles. The van der Waals surface area contributed by atoms with E-state index < -0.39 is 0 Å². The lowest BCUT2D eigenvalue weighted by Gasteiger charge is -2.29. The summed E-state index contributed by atoms with van der Waals surface area (Å²) in [7, 11) is 0. The van der Waals surface area contributed by atoms with Crippen molar-refractivity contribution < 1.29 is 4.52 Å². The number of thioether (sulfide) groups is 2. The molecule has 2 rings (SSSR count). The monoisotopic (exact) mass is 301 g/mol. The van der Waals surface area contributed by atoms with E-state index in [9.17, 15) is 0 Å². The summed E-state index contributed by atoms with van der Waals surface area (Å²) in [6.07, 6.45) is 1.61. The van der Waals surface area contributed by atoms with E-state index in [1.807, 2.05) is 37.4 Å². The summed E-state index contributed by atoms with van der Waals surface area (Å²) in [5, 5.41) is 5.83. The van der Waals surface area contributed by atoms with Crippen molar-refractivity contribution in [2.45, 2.75) is 61.8 Å². The van der Waals surface area contributed by atoms with Gasteiger partial charge in [-0.05, 0) is 20.3 Å². The SMILES string of the molecule is CC1SCC(c2noc(CCC(C)(C)N)n2)SC1C. The molecule has 4 nitrogen and oxygen atoms in total. The number of hydrogen-bond donors (Lipinski definition) is 1. The third-order valence-corrected chi connectivity index (χ3v) is 6.69. The highest BCUT2D eigenvalue weighted by Crippen LogP contribution is 2.43. The highest BCUT2D eigenvalue weighted by atomic mass is 32.2. The molecule has 1 saturated heterocycles. The molecule has 2 N–H and O–H groups in total. The second-order valence-corrected chi connectivity index (χ2v) is 8.90. The van der Waals surface area contributed by atoms with Gasteiger partial charge >= 0.3 is 0 Å². The van der Waals surface area contributed by atoms with Crippen molar-refractivity contribution >= 4 is 23.5 Å². The highest BCUT2D eigenvalue weighted by Gasteiger charge is 2.29. The van der Waals surface area contributed by atoms with Crippen LogP contribution in [0.25, 0.3) is 0 Å². The lowest BCUT2D eigenvalue weighted by atomic mass is 10.0. The molecule has 0 aromatic carbocycles. The van der Waals surface area contributed by atoms with Crippen LogP contribution in [-0.2, 0) is 6.42 Å². The second kappa shape index (κ2) is 6.06. The molecule has 3 atom stereocenters. The summed E-state index contributed by atoms with van der Waals surface area (Å²) in [4.78, 5) is 4.53. The van der Waals surface area contributed by atoms with Crippen LogP contribution in [0.5, 0.6) is 0 Å². The number of rotatable bonds is 4. The first kappa shape index (κ1) is 15.2. The van der Waals surface area contributed by atoms with Gasteiger partial charge in [0.2, 0.25) is 5.89 Å². The average Bonchev–Trinajstić information content (AvgIpc) is 2.78. The molecule has 1 aliphatic rings. The largest absolute Gasteiger partial charge is 0.339 e. The fraction of sp³-hybridized carbons (Fsp3) is 0.846. The van der Waals surface area contributed by atoms with Gasteiger partial charge in [0.15, 0.2) is 5.82 Å². The molecule has 6 heteroatoms. The Hall–Kier alpha value is -0.200. The molecule has 2 heterocycles. The zero-order valence-electron chi connectivity index (χ0n) is 12.0. The minimum absolute atomic E-state index is 0.186. The summed E-state index contributed by atoms with van der Waals surface area (Å²) < 4.78 is 5.34. The van der Waals surface area contributed by atoms with E-state index in [0.29, 0.717) is 21.6 Å². The molecule has 0 radical (unpaired) electrons. The number of nitrogens with zero attached hydrogens (tertiary/aromatic N) is 2. The Labute approximate surface area is 123 Å². The van der Waals surface area contributed by atoms with Crippen LogP contribution < -0.4 is 5.73 Å². The quantitative estimate of drug-likeness (QED) is 0.922. The Balaban J connectivity index is 1.93. The molecule has 0 spiro atoms. The fourth-order valence-corrected chi connectivity index (χ4v) is 4.68. The number of nitrogens with two attached hydrogens (primary N) is 1. The van der Waals surface area contributed by atoms with Gasteiger partial charge in [-0.3, -0.25) is 0 Å². The molecule has 108 valence electrons. The normalized spacial score (nSPS) is 28.6. The van der Waals surface area contributed by atoms with Gasteiger partial charge in [0.05, 0.1) is 5.25 Å². The summed E-state index contributed by atoms with van der Waals surface area (Å²) >= 11 is 3.95. The van der Waals surface area contributed by atoms with E-state index in [2.05, 4.69) is 24.0 Å². The predicted octanol–water partition coefficient (Wildman–Crippen LogP) is 3.04. The molecule has 1 aliphatic heterocycles. The van der Waals surface area contributed by atoms with Crippen molar-refractivity contribution in [1.82, 2.24) is 10.1 Å². The zero-order valence-corrected chi connectivity index (χ0v) is 13.7. The molecule has 0 aliphatic carbocycles. The van der Waals surface area contributed by atoms with Crippen LogP contribution >= 0.6 is 23.5 Å². The van der Waals surface area contributed by atoms with Crippen LogP contribution in [0.15, 0.2) is 4.52 Å². The van der Waals surface area contributed by atoms with Gasteiger partial charge < -0.3 is 10.3 Å². The summed E-state index contributed by atoms with van der Waals surface area (Å²) in [5.41, 5.74) is 5.78. The maximum atomic E-state index is 5.97. The minimum Gasteiger partial charge on any atom is -0.339 e. The first-order chi connectivity index (χ1) is 8.85. The Kier molecular flexibility index (Phi) is 4.84. The number of aryl methyl sites for hydroxylation is 1. The Morgan fingerprint density at radius 2 is 2.11 bits per heavy atom. The van der Waals surface area contributed by atoms with Gasteiger partial charge in [-0.1, -0.05) is 19.0 Å². The van der Waals surface area contributed by atoms with Crippen molar-refractivity contribution in [1.29, 1.82) is 0 Å². The topological polar surface area (TPSA) is 64.9 Å². The molecule has 3 unspecified atom stereocenters. The van der Waals surface area contributed by atoms with Crippen LogP contribution in [0, 0.1) is 0 Å². The van der Waals surface area contributed by atoms with Crippen molar-refractivity contribution in [3.63, 3.8) is 0 Å². The maximum absolute atomic E-state index is 5.97. The van der Waals surface area contributed by atoms with Crippen molar-refractivity contribution in [3.05, 3.63) is 11.7 Å². The minimum atomic E-state index is -0.186. The second-order valence-electron chi connectivity index (χ2n) is 5.90. The number of hydrogen-bond acceptors (Lipinski definition) is 6. The molecule has 19 heavy (non-hydrogen) atoms. The van der Waals surface area contributed by atoms with E-state index in [4.69, 9.17) is 10.3 Å². The van der Waals surface area contributed by atoms with Crippen LogP contribution in [-0.4, -0.2) is 31.9 Å². The molecule has 0 amide bonds. The third-order valence-electron chi connectivity index (χ3n) is 3.31. The Morgan fingerprint density at radius 1 is 1.37 bits per heavy atom. The fourth-order valence-electron chi connectivity index (χ4n) is 1.85. The first-order valence-corrected chi connectivity index (χ1v) is 8.73. The highest BCUT2D eigenvalue weighted by molar-refractivity contribution is 8.07. The molecule has 1 aromatic rings. The van der Waals surface area contributed by atoms with Crippen LogP contribution in [0.3, 0.4) is 0 Å². The molecule has 1 fully saturated rings. The predicted molar refractivity (Wildman–Crippen MR) is 82.6 cm³/mol. The Bertz CT molecular complexity index is 416. The lowest BCUT2D eigenvalue weighted by Crippen LogP contribution is -2.32. The third kappa shape index (κ3) is 4.39. The van der Waals surface area contributed by atoms with Crippen molar-refractivity contribution in [2.75, 3.05) is 5.75 Å². The summed E-state index contributed by atoms with van der Waals surface area (Å²) in [6.45, 7) is 8.58. The summed E-state index contributed by atoms with van der Waals surface area (Å²) in [5.74, 6) is 2.63. The van der Waals surface area contributed by atoms with E-state index >= 15 is 0 Å². The lowest BCUT2D eigenvalue weighted by molar-refractivity contribution is 0.354. The zero-order chi connectivity index (χ0) is 14.0.